The molecule has 17 heteroatoms. The van der Waals surface area contributed by atoms with Crippen LogP contribution in [0.2, 0.25) is 0 Å². The lowest BCUT2D eigenvalue weighted by atomic mass is 9.92. The van der Waals surface area contributed by atoms with Gasteiger partial charge in [0.2, 0.25) is 46.6 Å². The number of hydrogen-bond acceptors (Lipinski definition) is 10. The molecule has 302 valence electrons. The summed E-state index contributed by atoms with van der Waals surface area (Å²) >= 11 is 0.814. The van der Waals surface area contributed by atoms with Crippen molar-refractivity contribution in [1.82, 2.24) is 20.1 Å². The summed E-state index contributed by atoms with van der Waals surface area (Å²) < 4.78 is 85.6. The first-order valence-electron chi connectivity index (χ1n) is 18.3. The second-order valence-electron chi connectivity index (χ2n) is 13.9. The molecule has 54 heavy (non-hydrogen) atoms. The third-order valence-corrected chi connectivity index (χ3v) is 10.5. The summed E-state index contributed by atoms with van der Waals surface area (Å²) in [5, 5.41) is 4.17. The highest BCUT2D eigenvalue weighted by atomic mass is 32.1. The Morgan fingerprint density at radius 3 is 2.22 bits per heavy atom. The number of nitrogens with zero attached hydrogens (tertiary/aromatic N) is 3. The molecule has 0 saturated carbocycles. The molecule has 2 heterocycles. The molecule has 1 aliphatic heterocycles. The average Bonchev–Trinajstić information content (AvgIpc) is 3.64. The molecule has 11 nitrogen and oxygen atoms in total. The van der Waals surface area contributed by atoms with Crippen molar-refractivity contribution in [3.8, 4) is 5.75 Å². The van der Waals surface area contributed by atoms with E-state index < -0.39 is 76.6 Å². The molecule has 1 N–H and O–H groups in total. The number of piperidine rings is 1. The number of hydrogen-bond donors (Lipinski definition) is 1. The lowest BCUT2D eigenvalue weighted by molar-refractivity contribution is -0.153. The van der Waals surface area contributed by atoms with Crippen molar-refractivity contribution in [3.05, 3.63) is 45.2 Å². The topological polar surface area (TPSA) is 127 Å². The van der Waals surface area contributed by atoms with Crippen LogP contribution >= 0.6 is 11.3 Å². The summed E-state index contributed by atoms with van der Waals surface area (Å²) in [6, 6.07) is -1.97. The van der Waals surface area contributed by atoms with E-state index in [1.165, 1.54) is 4.90 Å². The molecule has 3 rings (SSSR count). The maximum absolute atomic E-state index is 14.6. The van der Waals surface area contributed by atoms with Crippen molar-refractivity contribution < 1.29 is 55.3 Å². The van der Waals surface area contributed by atoms with E-state index in [1.807, 2.05) is 46.6 Å². The third-order valence-electron chi connectivity index (χ3n) is 9.56. The molecule has 1 aliphatic rings. The summed E-state index contributed by atoms with van der Waals surface area (Å²) in [6.45, 7) is 11.7. The number of likely N-dealkylation sites (N-methyl/N-ethyl adjacent to an activating group) is 1. The smallest absolute Gasteiger partial charge is 0.363 e. The summed E-state index contributed by atoms with van der Waals surface area (Å²) in [4.78, 5) is 61.1. The van der Waals surface area contributed by atoms with E-state index in [9.17, 15) is 41.1 Å². The fraction of sp³-hybridized carbons (Fsp3) is 0.649. The van der Waals surface area contributed by atoms with Crippen LogP contribution in [0.4, 0.5) is 22.0 Å². The van der Waals surface area contributed by atoms with E-state index in [4.69, 9.17) is 9.47 Å². The minimum absolute atomic E-state index is 0.0311. The third kappa shape index (κ3) is 11.4. The van der Waals surface area contributed by atoms with Crippen molar-refractivity contribution in [2.75, 3.05) is 26.9 Å². The minimum atomic E-state index is -2.42. The average molecular weight is 791 g/mol. The molecule has 1 unspecified atom stereocenters. The van der Waals surface area contributed by atoms with E-state index in [0.29, 0.717) is 19.4 Å². The zero-order valence-electron chi connectivity index (χ0n) is 31.8. The van der Waals surface area contributed by atoms with Crippen molar-refractivity contribution in [1.29, 1.82) is 0 Å². The first kappa shape index (κ1) is 44.7. The molecule has 1 fully saturated rings. The fourth-order valence-electron chi connectivity index (χ4n) is 6.18. The van der Waals surface area contributed by atoms with Gasteiger partial charge < -0.3 is 24.4 Å². The van der Waals surface area contributed by atoms with Crippen LogP contribution in [0.5, 0.6) is 5.75 Å². The van der Waals surface area contributed by atoms with Gasteiger partial charge in [0.05, 0.1) is 6.04 Å². The highest BCUT2D eigenvalue weighted by Crippen LogP contribution is 2.33. The highest BCUT2D eigenvalue weighted by molar-refractivity contribution is 7.09. The highest BCUT2D eigenvalue weighted by Gasteiger charge is 2.39. The number of rotatable bonds is 19. The van der Waals surface area contributed by atoms with Gasteiger partial charge in [-0.05, 0) is 44.7 Å². The van der Waals surface area contributed by atoms with Gasteiger partial charge in [-0.3, -0.25) is 19.3 Å². The number of nitrogens with one attached hydrogen (secondary N) is 1. The molecule has 0 radical (unpaired) electrons. The van der Waals surface area contributed by atoms with Crippen molar-refractivity contribution >= 4 is 35.1 Å². The standard InChI is InChI=1S/C37H51F5N4O7S/c1-8-10-13-16-51-19-46(36(49)32(21(5)9-2)44-34(48)24-14-11-12-15-45(24)7)25(20(3)4)17-26(52-22(6)47)35-43-23(18-54-35)37(50)53-33-30(41)28(39)27(38)29(40)31(33)42/h18,20-21,24-26,32H,8-17,19H2,1-7H3,(H,44,48)/t21?,24-,25-,26-,32+/m1/s1. The molecule has 0 spiro atoms. The Balaban J connectivity index is 1.96. The Morgan fingerprint density at radius 2 is 1.65 bits per heavy atom. The van der Waals surface area contributed by atoms with Crippen molar-refractivity contribution in [2.24, 2.45) is 11.8 Å². The molecule has 1 saturated heterocycles. The van der Waals surface area contributed by atoms with Gasteiger partial charge in [-0.1, -0.05) is 60.3 Å². The predicted octanol–water partition coefficient (Wildman–Crippen LogP) is 7.08. The number of thiazole rings is 1. The number of carbonyl (C=O) groups excluding carboxylic acids is 4. The Bertz CT molecular complexity index is 1580. The quantitative estimate of drug-likeness (QED) is 0.0302. The van der Waals surface area contributed by atoms with Gasteiger partial charge in [0.1, 0.15) is 17.8 Å². The first-order chi connectivity index (χ1) is 25.5. The molecule has 0 bridgehead atoms. The minimum Gasteiger partial charge on any atom is -0.455 e. The molecular weight excluding hydrogens is 739 g/mol. The predicted molar refractivity (Wildman–Crippen MR) is 190 cm³/mol. The zero-order chi connectivity index (χ0) is 40.3. The number of esters is 2. The lowest BCUT2D eigenvalue weighted by Gasteiger charge is -2.40. The monoisotopic (exact) mass is 790 g/mol. The van der Waals surface area contributed by atoms with Gasteiger partial charge in [-0.25, -0.2) is 22.9 Å². The Morgan fingerprint density at radius 1 is 1.00 bits per heavy atom. The van der Waals surface area contributed by atoms with Gasteiger partial charge in [0.25, 0.3) is 0 Å². The van der Waals surface area contributed by atoms with Gasteiger partial charge in [-0.2, -0.15) is 8.78 Å². The van der Waals surface area contributed by atoms with E-state index in [2.05, 4.69) is 15.0 Å². The molecule has 2 aromatic rings. The zero-order valence-corrected chi connectivity index (χ0v) is 32.6. The summed E-state index contributed by atoms with van der Waals surface area (Å²) in [5.41, 5.74) is -0.559. The molecule has 5 atom stereocenters. The second kappa shape index (κ2) is 20.8. The normalized spacial score (nSPS) is 17.1. The van der Waals surface area contributed by atoms with Crippen LogP contribution in [0.1, 0.15) is 115 Å². The van der Waals surface area contributed by atoms with Crippen LogP contribution in [0.15, 0.2) is 5.38 Å². The molecular formula is C37H51F5N4O7S. The lowest BCUT2D eigenvalue weighted by Crippen LogP contribution is -2.59. The number of amides is 2. The van der Waals surface area contributed by atoms with Crippen LogP contribution in [-0.2, 0) is 23.9 Å². The number of aromatic nitrogens is 1. The number of unbranched alkanes of at least 4 members (excludes halogenated alkanes) is 2. The van der Waals surface area contributed by atoms with E-state index in [-0.39, 0.29) is 41.9 Å². The van der Waals surface area contributed by atoms with Crippen LogP contribution in [0.3, 0.4) is 0 Å². The first-order valence-corrected chi connectivity index (χ1v) is 19.2. The number of benzene rings is 1. The maximum Gasteiger partial charge on any atom is 0.363 e. The summed E-state index contributed by atoms with van der Waals surface area (Å²) in [6.07, 6.45) is 4.51. The van der Waals surface area contributed by atoms with Crippen molar-refractivity contribution in [3.63, 3.8) is 0 Å². The largest absolute Gasteiger partial charge is 0.455 e. The Kier molecular flexibility index (Phi) is 17.2. The van der Waals surface area contributed by atoms with Gasteiger partial charge in [0, 0.05) is 31.4 Å². The molecule has 2 amide bonds. The SMILES string of the molecule is CCCCCOCN(C(=O)[C@@H](NC(=O)[C@H]1CCCCN1C)C(C)CC)[C@H](C[C@@H](OC(C)=O)c1nc(C(=O)Oc2c(F)c(F)c(F)c(F)c2F)cs1)C(C)C. The van der Waals surface area contributed by atoms with Crippen LogP contribution in [0, 0.1) is 40.9 Å². The van der Waals surface area contributed by atoms with E-state index in [1.54, 1.807) is 0 Å². The van der Waals surface area contributed by atoms with E-state index in [0.717, 1.165) is 62.3 Å². The summed E-state index contributed by atoms with van der Waals surface area (Å²) in [5.74, 6) is -16.9. The van der Waals surface area contributed by atoms with Crippen LogP contribution in [0.25, 0.3) is 0 Å². The van der Waals surface area contributed by atoms with Gasteiger partial charge >= 0.3 is 11.9 Å². The fourth-order valence-corrected chi connectivity index (χ4v) is 7.01. The Labute approximate surface area is 316 Å². The number of halogens is 5. The molecule has 1 aromatic heterocycles. The number of carbonyl (C=O) groups is 4. The van der Waals surface area contributed by atoms with Crippen LogP contribution in [-0.4, -0.2) is 83.6 Å². The second-order valence-corrected chi connectivity index (χ2v) is 14.8. The molecule has 0 aliphatic carbocycles. The Hall–Kier alpha value is -3.70. The van der Waals surface area contributed by atoms with Crippen molar-refractivity contribution in [2.45, 2.75) is 117 Å². The van der Waals surface area contributed by atoms with Crippen LogP contribution < -0.4 is 10.1 Å². The van der Waals surface area contributed by atoms with Gasteiger partial charge in [-0.15, -0.1) is 11.3 Å². The number of ether oxygens (including phenoxy) is 3. The number of likely N-dealkylation sites (tertiary alicyclic amines) is 1. The van der Waals surface area contributed by atoms with Gasteiger partial charge in [0.15, 0.2) is 11.8 Å². The maximum atomic E-state index is 14.6. The molecule has 1 aromatic carbocycles. The van der Waals surface area contributed by atoms with E-state index >= 15 is 0 Å². The summed E-state index contributed by atoms with van der Waals surface area (Å²) in [7, 11) is 1.88.